The van der Waals surface area contributed by atoms with Crippen molar-refractivity contribution >= 4 is 13.3 Å². The van der Waals surface area contributed by atoms with E-state index in [2.05, 4.69) is 5.32 Å². The standard InChI is InChI=1S/C20H26NO4P/c1-4-24-26(22,25-5-2)16-20(18-9-7-6-8-10-18)21-15-17-11-13-19(23-3)14-12-17/h6-14,16,21H,4-5,15H2,1-3H3/b20-16+. The Hall–Kier alpha value is -2.07. The first-order valence-corrected chi connectivity index (χ1v) is 10.2. The summed E-state index contributed by atoms with van der Waals surface area (Å²) in [6, 6.07) is 17.5. The quantitative estimate of drug-likeness (QED) is 0.589. The maximum Gasteiger partial charge on any atom is 0.356 e. The molecule has 5 nitrogen and oxygen atoms in total. The molecule has 0 fully saturated rings. The minimum Gasteiger partial charge on any atom is -0.497 e. The summed E-state index contributed by atoms with van der Waals surface area (Å²) in [6.07, 6.45) is 0. The Labute approximate surface area is 155 Å². The second kappa shape index (κ2) is 10.2. The van der Waals surface area contributed by atoms with Crippen molar-refractivity contribution in [1.82, 2.24) is 5.32 Å². The first-order chi connectivity index (χ1) is 12.6. The van der Waals surface area contributed by atoms with Crippen LogP contribution in [0.2, 0.25) is 0 Å². The van der Waals surface area contributed by atoms with E-state index in [1.807, 2.05) is 54.6 Å². The van der Waals surface area contributed by atoms with E-state index in [0.717, 1.165) is 16.9 Å². The fraction of sp³-hybridized carbons (Fsp3) is 0.300. The van der Waals surface area contributed by atoms with Crippen molar-refractivity contribution in [3.05, 3.63) is 71.5 Å². The van der Waals surface area contributed by atoms with Crippen molar-refractivity contribution in [1.29, 1.82) is 0 Å². The lowest BCUT2D eigenvalue weighted by Crippen LogP contribution is -2.12. The summed E-state index contributed by atoms with van der Waals surface area (Å²) >= 11 is 0. The highest BCUT2D eigenvalue weighted by Crippen LogP contribution is 2.51. The molecule has 0 radical (unpaired) electrons. The third kappa shape index (κ3) is 6.03. The molecule has 1 N–H and O–H groups in total. The van der Waals surface area contributed by atoms with Crippen molar-refractivity contribution in [2.45, 2.75) is 20.4 Å². The van der Waals surface area contributed by atoms with Crippen LogP contribution >= 0.6 is 7.60 Å². The Morgan fingerprint density at radius 1 is 1.00 bits per heavy atom. The molecule has 0 amide bonds. The van der Waals surface area contributed by atoms with Crippen LogP contribution in [0.25, 0.3) is 5.70 Å². The maximum atomic E-state index is 12.9. The number of ether oxygens (including phenoxy) is 1. The predicted octanol–water partition coefficient (Wildman–Crippen LogP) is 5.05. The Morgan fingerprint density at radius 3 is 2.15 bits per heavy atom. The lowest BCUT2D eigenvalue weighted by atomic mass is 10.1. The van der Waals surface area contributed by atoms with Crippen molar-refractivity contribution in [3.63, 3.8) is 0 Å². The zero-order valence-electron chi connectivity index (χ0n) is 15.5. The minimum atomic E-state index is -3.32. The van der Waals surface area contributed by atoms with Gasteiger partial charge in [-0.3, -0.25) is 4.57 Å². The number of rotatable bonds is 10. The van der Waals surface area contributed by atoms with E-state index in [-0.39, 0.29) is 0 Å². The molecular formula is C20H26NO4P. The van der Waals surface area contributed by atoms with Gasteiger partial charge in [-0.1, -0.05) is 42.5 Å². The summed E-state index contributed by atoms with van der Waals surface area (Å²) < 4.78 is 28.9. The van der Waals surface area contributed by atoms with Crippen LogP contribution in [0.5, 0.6) is 5.75 Å². The smallest absolute Gasteiger partial charge is 0.356 e. The highest BCUT2D eigenvalue weighted by Gasteiger charge is 2.22. The van der Waals surface area contributed by atoms with Crippen molar-refractivity contribution in [3.8, 4) is 5.75 Å². The van der Waals surface area contributed by atoms with Gasteiger partial charge in [0.15, 0.2) is 0 Å². The third-order valence-electron chi connectivity index (χ3n) is 3.63. The van der Waals surface area contributed by atoms with E-state index < -0.39 is 7.60 Å². The van der Waals surface area contributed by atoms with Crippen LogP contribution in [0.1, 0.15) is 25.0 Å². The fourth-order valence-corrected chi connectivity index (χ4v) is 3.91. The van der Waals surface area contributed by atoms with Gasteiger partial charge in [-0.15, -0.1) is 0 Å². The van der Waals surface area contributed by atoms with E-state index in [1.165, 1.54) is 0 Å². The molecule has 0 aromatic heterocycles. The summed E-state index contributed by atoms with van der Waals surface area (Å²) in [6.45, 7) is 4.80. The number of hydrogen-bond donors (Lipinski definition) is 1. The van der Waals surface area contributed by atoms with E-state index in [0.29, 0.717) is 25.5 Å². The van der Waals surface area contributed by atoms with Crippen molar-refractivity contribution in [2.75, 3.05) is 20.3 Å². The average Bonchev–Trinajstić information content (AvgIpc) is 2.66. The molecule has 2 rings (SSSR count). The minimum absolute atomic E-state index is 0.314. The Balaban J connectivity index is 2.25. The van der Waals surface area contributed by atoms with Gasteiger partial charge in [0.2, 0.25) is 0 Å². The zero-order valence-corrected chi connectivity index (χ0v) is 16.4. The maximum absolute atomic E-state index is 12.9. The molecule has 2 aromatic carbocycles. The van der Waals surface area contributed by atoms with Gasteiger partial charge in [-0.05, 0) is 37.1 Å². The number of methoxy groups -OCH3 is 1. The molecule has 2 aromatic rings. The van der Waals surface area contributed by atoms with Gasteiger partial charge in [-0.2, -0.15) is 0 Å². The van der Waals surface area contributed by atoms with Gasteiger partial charge in [0, 0.05) is 12.2 Å². The largest absolute Gasteiger partial charge is 0.497 e. The van der Waals surface area contributed by atoms with Crippen LogP contribution in [-0.2, 0) is 20.2 Å². The van der Waals surface area contributed by atoms with Gasteiger partial charge < -0.3 is 19.1 Å². The highest BCUT2D eigenvalue weighted by atomic mass is 31.2. The van der Waals surface area contributed by atoms with Crippen LogP contribution in [0.15, 0.2) is 60.4 Å². The second-order valence-corrected chi connectivity index (χ2v) is 7.34. The van der Waals surface area contributed by atoms with E-state index in [4.69, 9.17) is 13.8 Å². The number of nitrogens with one attached hydrogen (secondary N) is 1. The summed E-state index contributed by atoms with van der Waals surface area (Å²) in [7, 11) is -1.68. The molecule has 0 heterocycles. The van der Waals surface area contributed by atoms with Gasteiger partial charge in [-0.25, -0.2) is 0 Å². The Bertz CT molecular complexity index is 734. The highest BCUT2D eigenvalue weighted by molar-refractivity contribution is 7.57. The molecule has 26 heavy (non-hydrogen) atoms. The molecule has 0 saturated heterocycles. The molecule has 0 atom stereocenters. The third-order valence-corrected chi connectivity index (χ3v) is 5.44. The zero-order chi connectivity index (χ0) is 18.8. The predicted molar refractivity (Wildman–Crippen MR) is 105 cm³/mol. The van der Waals surface area contributed by atoms with E-state index >= 15 is 0 Å². The van der Waals surface area contributed by atoms with Crippen molar-refractivity contribution < 1.29 is 18.3 Å². The summed E-state index contributed by atoms with van der Waals surface area (Å²) in [4.78, 5) is 0. The lowest BCUT2D eigenvalue weighted by molar-refractivity contribution is 0.229. The monoisotopic (exact) mass is 375 g/mol. The summed E-state index contributed by atoms with van der Waals surface area (Å²) in [5.74, 6) is 2.38. The Morgan fingerprint density at radius 2 is 1.62 bits per heavy atom. The van der Waals surface area contributed by atoms with Gasteiger partial charge in [0.1, 0.15) is 5.75 Å². The topological polar surface area (TPSA) is 56.8 Å². The van der Waals surface area contributed by atoms with Crippen LogP contribution in [0.3, 0.4) is 0 Å². The fourth-order valence-electron chi connectivity index (χ4n) is 2.41. The molecule has 0 spiro atoms. The molecule has 140 valence electrons. The molecule has 0 aliphatic carbocycles. The molecule has 0 bridgehead atoms. The first kappa shape index (κ1) is 20.2. The van der Waals surface area contributed by atoms with Crippen LogP contribution in [0.4, 0.5) is 0 Å². The molecular weight excluding hydrogens is 349 g/mol. The van der Waals surface area contributed by atoms with E-state index in [9.17, 15) is 4.57 Å². The SMILES string of the molecule is CCOP(=O)(/C=C(/NCc1ccc(OC)cc1)c1ccccc1)OCC. The molecule has 0 aliphatic heterocycles. The molecule has 0 aliphatic rings. The van der Waals surface area contributed by atoms with Gasteiger partial charge in [0.05, 0.1) is 26.1 Å². The second-order valence-electron chi connectivity index (χ2n) is 5.49. The molecule has 0 unspecified atom stereocenters. The van der Waals surface area contributed by atoms with Crippen LogP contribution < -0.4 is 10.1 Å². The van der Waals surface area contributed by atoms with E-state index in [1.54, 1.807) is 26.8 Å². The average molecular weight is 375 g/mol. The Kier molecular flexibility index (Phi) is 7.92. The van der Waals surface area contributed by atoms with Crippen LogP contribution in [-0.4, -0.2) is 20.3 Å². The molecule has 6 heteroatoms. The van der Waals surface area contributed by atoms with Crippen molar-refractivity contribution in [2.24, 2.45) is 0 Å². The molecule has 0 saturated carbocycles. The lowest BCUT2D eigenvalue weighted by Gasteiger charge is -2.17. The van der Waals surface area contributed by atoms with Gasteiger partial charge in [0.25, 0.3) is 0 Å². The number of benzene rings is 2. The number of hydrogen-bond acceptors (Lipinski definition) is 5. The van der Waals surface area contributed by atoms with Crippen LogP contribution in [0, 0.1) is 0 Å². The summed E-state index contributed by atoms with van der Waals surface area (Å²) in [5.41, 5.74) is 2.71. The van der Waals surface area contributed by atoms with Gasteiger partial charge >= 0.3 is 7.60 Å². The normalized spacial score (nSPS) is 12.0. The first-order valence-electron chi connectivity index (χ1n) is 8.64. The summed E-state index contributed by atoms with van der Waals surface area (Å²) in [5, 5.41) is 3.35.